The summed E-state index contributed by atoms with van der Waals surface area (Å²) in [5, 5.41) is 14.2. The predicted molar refractivity (Wildman–Crippen MR) is 121 cm³/mol. The van der Waals surface area contributed by atoms with E-state index < -0.39 is 0 Å². The van der Waals surface area contributed by atoms with Crippen LogP contribution in [0.25, 0.3) is 22.2 Å². The van der Waals surface area contributed by atoms with Gasteiger partial charge < -0.3 is 20.5 Å². The zero-order valence-electron chi connectivity index (χ0n) is 17.5. The fraction of sp³-hybridized carbons (Fsp3) is 0.217. The Morgan fingerprint density at radius 1 is 1.00 bits per heavy atom. The van der Waals surface area contributed by atoms with Crippen LogP contribution in [0.4, 0.5) is 11.8 Å². The zero-order valence-corrected chi connectivity index (χ0v) is 17.5. The van der Waals surface area contributed by atoms with Crippen LogP contribution in [0, 0.1) is 6.92 Å². The van der Waals surface area contributed by atoms with Crippen molar-refractivity contribution in [1.29, 1.82) is 0 Å². The minimum Gasteiger partial charge on any atom is -0.368 e. The first kappa shape index (κ1) is 20.3. The standard InChI is InChI=1S/C23H24N6O2/c1-3-24-23-27-15(2)13-20(28-23)25-11-12-26-22(30)17-9-10-19-18(14-17)21(31-29-19)16-7-5-4-6-8-16/h4-10,13-14H,3,11-12H2,1-2H3,(H,26,30)(H2,24,25,27,28). The third-order valence-electron chi connectivity index (χ3n) is 4.68. The Hall–Kier alpha value is -3.94. The Kier molecular flexibility index (Phi) is 6.07. The molecule has 0 saturated carbocycles. The van der Waals surface area contributed by atoms with Crippen molar-refractivity contribution in [2.24, 2.45) is 0 Å². The van der Waals surface area contributed by atoms with Crippen molar-refractivity contribution in [3.63, 3.8) is 0 Å². The number of nitrogens with zero attached hydrogens (tertiary/aromatic N) is 3. The average Bonchev–Trinajstić information content (AvgIpc) is 3.20. The van der Waals surface area contributed by atoms with Crippen molar-refractivity contribution >= 4 is 28.6 Å². The topological polar surface area (TPSA) is 105 Å². The average molecular weight is 416 g/mol. The number of benzene rings is 2. The third-order valence-corrected chi connectivity index (χ3v) is 4.68. The first-order valence-electron chi connectivity index (χ1n) is 10.2. The van der Waals surface area contributed by atoms with E-state index in [4.69, 9.17) is 4.52 Å². The predicted octanol–water partition coefficient (Wildman–Crippen LogP) is 3.87. The van der Waals surface area contributed by atoms with E-state index in [1.165, 1.54) is 0 Å². The fourth-order valence-electron chi connectivity index (χ4n) is 3.25. The molecule has 0 spiro atoms. The number of aryl methyl sites for hydroxylation is 1. The van der Waals surface area contributed by atoms with Crippen LogP contribution in [0.2, 0.25) is 0 Å². The van der Waals surface area contributed by atoms with Crippen LogP contribution in [0.5, 0.6) is 0 Å². The molecule has 2 heterocycles. The molecule has 31 heavy (non-hydrogen) atoms. The number of nitrogens with one attached hydrogen (secondary N) is 3. The first-order valence-corrected chi connectivity index (χ1v) is 10.2. The van der Waals surface area contributed by atoms with Gasteiger partial charge in [0.25, 0.3) is 5.91 Å². The van der Waals surface area contributed by atoms with Gasteiger partial charge in [0, 0.05) is 42.5 Å². The monoisotopic (exact) mass is 416 g/mol. The second kappa shape index (κ2) is 9.25. The van der Waals surface area contributed by atoms with Gasteiger partial charge in [-0.05, 0) is 32.0 Å². The van der Waals surface area contributed by atoms with Crippen LogP contribution >= 0.6 is 0 Å². The highest BCUT2D eigenvalue weighted by Gasteiger charge is 2.13. The Balaban J connectivity index is 1.39. The lowest BCUT2D eigenvalue weighted by molar-refractivity contribution is 0.0955. The number of hydrogen-bond donors (Lipinski definition) is 3. The Bertz CT molecular complexity index is 1190. The van der Waals surface area contributed by atoms with Gasteiger partial charge in [0.1, 0.15) is 11.3 Å². The van der Waals surface area contributed by atoms with Crippen LogP contribution < -0.4 is 16.0 Å². The highest BCUT2D eigenvalue weighted by Crippen LogP contribution is 2.29. The Morgan fingerprint density at radius 2 is 1.84 bits per heavy atom. The van der Waals surface area contributed by atoms with Crippen LogP contribution in [0.15, 0.2) is 59.1 Å². The molecule has 0 radical (unpaired) electrons. The van der Waals surface area contributed by atoms with Crippen molar-refractivity contribution in [2.45, 2.75) is 13.8 Å². The second-order valence-electron chi connectivity index (χ2n) is 7.04. The van der Waals surface area contributed by atoms with Crippen LogP contribution in [0.1, 0.15) is 23.0 Å². The second-order valence-corrected chi connectivity index (χ2v) is 7.04. The minimum absolute atomic E-state index is 0.156. The molecule has 0 bridgehead atoms. The molecule has 4 rings (SSSR count). The molecule has 3 N–H and O–H groups in total. The molecular weight excluding hydrogens is 392 g/mol. The zero-order chi connectivity index (χ0) is 21.6. The molecule has 158 valence electrons. The van der Waals surface area contributed by atoms with Gasteiger partial charge in [-0.1, -0.05) is 35.5 Å². The van der Waals surface area contributed by atoms with Gasteiger partial charge in [0.05, 0.1) is 5.39 Å². The smallest absolute Gasteiger partial charge is 0.251 e. The molecule has 2 aromatic heterocycles. The van der Waals surface area contributed by atoms with Crippen molar-refractivity contribution in [2.75, 3.05) is 30.3 Å². The van der Waals surface area contributed by atoms with Crippen molar-refractivity contribution in [3.05, 3.63) is 65.9 Å². The van der Waals surface area contributed by atoms with Gasteiger partial charge in [0.2, 0.25) is 5.95 Å². The van der Waals surface area contributed by atoms with Gasteiger partial charge in [-0.15, -0.1) is 0 Å². The lowest BCUT2D eigenvalue weighted by Crippen LogP contribution is -2.29. The summed E-state index contributed by atoms with van der Waals surface area (Å²) in [6.07, 6.45) is 0. The fourth-order valence-corrected chi connectivity index (χ4v) is 3.25. The summed E-state index contributed by atoms with van der Waals surface area (Å²) < 4.78 is 5.51. The van der Waals surface area contributed by atoms with E-state index in [9.17, 15) is 4.79 Å². The summed E-state index contributed by atoms with van der Waals surface area (Å²) in [5.41, 5.74) is 3.06. The molecule has 2 aromatic carbocycles. The van der Waals surface area contributed by atoms with Gasteiger partial charge in [-0.25, -0.2) is 4.98 Å². The number of anilines is 2. The number of rotatable bonds is 8. The van der Waals surface area contributed by atoms with E-state index in [0.717, 1.165) is 29.0 Å². The first-order chi connectivity index (χ1) is 15.1. The molecule has 0 aliphatic carbocycles. The van der Waals surface area contributed by atoms with Crippen LogP contribution in [-0.2, 0) is 0 Å². The molecule has 0 aliphatic rings. The summed E-state index contributed by atoms with van der Waals surface area (Å²) in [6.45, 7) is 5.65. The van der Waals surface area contributed by atoms with Gasteiger partial charge in [-0.2, -0.15) is 4.98 Å². The highest BCUT2D eigenvalue weighted by atomic mass is 16.5. The van der Waals surface area contributed by atoms with Gasteiger partial charge >= 0.3 is 0 Å². The molecule has 0 fully saturated rings. The van der Waals surface area contributed by atoms with E-state index in [1.54, 1.807) is 12.1 Å². The number of hydrogen-bond acceptors (Lipinski definition) is 7. The maximum atomic E-state index is 12.6. The molecule has 0 saturated heterocycles. The number of carbonyl (C=O) groups is 1. The van der Waals surface area contributed by atoms with E-state index in [1.807, 2.05) is 56.3 Å². The van der Waals surface area contributed by atoms with E-state index in [2.05, 4.69) is 31.1 Å². The third kappa shape index (κ3) is 4.80. The summed E-state index contributed by atoms with van der Waals surface area (Å²) in [6, 6.07) is 17.0. The van der Waals surface area contributed by atoms with Gasteiger partial charge in [0.15, 0.2) is 5.76 Å². The number of aromatic nitrogens is 3. The van der Waals surface area contributed by atoms with Crippen LogP contribution in [0.3, 0.4) is 0 Å². The summed E-state index contributed by atoms with van der Waals surface area (Å²) in [7, 11) is 0. The summed E-state index contributed by atoms with van der Waals surface area (Å²) in [5.74, 6) is 1.81. The molecule has 0 aliphatic heterocycles. The summed E-state index contributed by atoms with van der Waals surface area (Å²) >= 11 is 0. The molecule has 8 heteroatoms. The van der Waals surface area contributed by atoms with E-state index in [0.29, 0.717) is 35.9 Å². The number of fused-ring (bicyclic) bond motifs is 1. The lowest BCUT2D eigenvalue weighted by atomic mass is 10.1. The molecule has 0 unspecified atom stereocenters. The molecule has 0 atom stereocenters. The SMILES string of the molecule is CCNc1nc(C)cc(NCCNC(=O)c2ccc3noc(-c4ccccc4)c3c2)n1. The highest BCUT2D eigenvalue weighted by molar-refractivity contribution is 6.00. The quantitative estimate of drug-likeness (QED) is 0.375. The van der Waals surface area contributed by atoms with E-state index >= 15 is 0 Å². The summed E-state index contributed by atoms with van der Waals surface area (Å²) in [4.78, 5) is 21.4. The lowest BCUT2D eigenvalue weighted by Gasteiger charge is -2.10. The minimum atomic E-state index is -0.156. The van der Waals surface area contributed by atoms with Crippen molar-refractivity contribution in [3.8, 4) is 11.3 Å². The maximum Gasteiger partial charge on any atom is 0.251 e. The number of carbonyl (C=O) groups excluding carboxylic acids is 1. The van der Waals surface area contributed by atoms with Crippen LogP contribution in [-0.4, -0.2) is 40.7 Å². The number of amides is 1. The molecular formula is C23H24N6O2. The van der Waals surface area contributed by atoms with E-state index in [-0.39, 0.29) is 5.91 Å². The maximum absolute atomic E-state index is 12.6. The van der Waals surface area contributed by atoms with Crippen molar-refractivity contribution < 1.29 is 9.32 Å². The Morgan fingerprint density at radius 3 is 2.65 bits per heavy atom. The Labute approximate surface area is 180 Å². The van der Waals surface area contributed by atoms with Crippen molar-refractivity contribution in [1.82, 2.24) is 20.4 Å². The molecule has 4 aromatic rings. The normalized spacial score (nSPS) is 10.8. The van der Waals surface area contributed by atoms with Gasteiger partial charge in [-0.3, -0.25) is 4.79 Å². The molecule has 1 amide bonds. The largest absolute Gasteiger partial charge is 0.368 e. The molecule has 8 nitrogen and oxygen atoms in total.